The highest BCUT2D eigenvalue weighted by molar-refractivity contribution is 7.99. The Labute approximate surface area is 118 Å². The first-order valence-corrected chi connectivity index (χ1v) is 8.42. The molecule has 0 spiro atoms. The third-order valence-electron chi connectivity index (χ3n) is 5.06. The predicted octanol–water partition coefficient (Wildman–Crippen LogP) is 4.14. The predicted molar refractivity (Wildman–Crippen MR) is 76.9 cm³/mol. The van der Waals surface area contributed by atoms with Gasteiger partial charge in [-0.2, -0.15) is 0 Å². The molecule has 1 nitrogen and oxygen atoms in total. The standard InChI is InChI=1S/C16H20FNS/c17-13-3-1-2-12-14(6-9-19-15(12)13)18-10-16(7-8-16)11-4-5-11/h1-3,11,14,18H,4-10H2. The molecule has 1 aromatic carbocycles. The van der Waals surface area contributed by atoms with E-state index in [1.54, 1.807) is 17.8 Å². The van der Waals surface area contributed by atoms with E-state index in [1.807, 2.05) is 6.07 Å². The summed E-state index contributed by atoms with van der Waals surface area (Å²) in [4.78, 5) is 0.877. The van der Waals surface area contributed by atoms with Gasteiger partial charge in [-0.05, 0) is 60.8 Å². The number of thioether (sulfide) groups is 1. The van der Waals surface area contributed by atoms with Crippen LogP contribution >= 0.6 is 11.8 Å². The number of rotatable bonds is 4. The fraction of sp³-hybridized carbons (Fsp3) is 0.625. The van der Waals surface area contributed by atoms with Crippen molar-refractivity contribution in [2.75, 3.05) is 12.3 Å². The maximum absolute atomic E-state index is 13.8. The van der Waals surface area contributed by atoms with Crippen LogP contribution in [0.3, 0.4) is 0 Å². The van der Waals surface area contributed by atoms with E-state index < -0.39 is 0 Å². The van der Waals surface area contributed by atoms with E-state index in [-0.39, 0.29) is 5.82 Å². The van der Waals surface area contributed by atoms with Crippen molar-refractivity contribution in [1.29, 1.82) is 0 Å². The van der Waals surface area contributed by atoms with Gasteiger partial charge in [-0.1, -0.05) is 12.1 Å². The van der Waals surface area contributed by atoms with Crippen LogP contribution in [0.2, 0.25) is 0 Å². The first-order valence-electron chi connectivity index (χ1n) is 7.43. The van der Waals surface area contributed by atoms with Crippen LogP contribution in [0.5, 0.6) is 0 Å². The van der Waals surface area contributed by atoms with Crippen molar-refractivity contribution in [3.63, 3.8) is 0 Å². The molecule has 0 radical (unpaired) electrons. The topological polar surface area (TPSA) is 12.0 Å². The van der Waals surface area contributed by atoms with Gasteiger partial charge in [-0.3, -0.25) is 0 Å². The normalized spacial score (nSPS) is 27.9. The highest BCUT2D eigenvalue weighted by Crippen LogP contribution is 2.61. The zero-order valence-electron chi connectivity index (χ0n) is 11.1. The molecule has 3 aliphatic rings. The highest BCUT2D eigenvalue weighted by atomic mass is 32.2. The summed E-state index contributed by atoms with van der Waals surface area (Å²) < 4.78 is 13.8. The van der Waals surface area contributed by atoms with E-state index in [0.29, 0.717) is 11.5 Å². The van der Waals surface area contributed by atoms with Crippen LogP contribution in [-0.2, 0) is 0 Å². The zero-order chi connectivity index (χ0) is 12.9. The lowest BCUT2D eigenvalue weighted by Crippen LogP contribution is -2.31. The molecule has 1 unspecified atom stereocenters. The van der Waals surface area contributed by atoms with Crippen molar-refractivity contribution in [2.24, 2.45) is 11.3 Å². The minimum atomic E-state index is -0.0441. The molecular weight excluding hydrogens is 257 g/mol. The van der Waals surface area contributed by atoms with Gasteiger partial charge in [0, 0.05) is 17.5 Å². The Balaban J connectivity index is 1.49. The monoisotopic (exact) mass is 277 g/mol. The average molecular weight is 277 g/mol. The largest absolute Gasteiger partial charge is 0.309 e. The lowest BCUT2D eigenvalue weighted by atomic mass is 9.98. The van der Waals surface area contributed by atoms with E-state index in [1.165, 1.54) is 31.2 Å². The number of halogens is 1. The Morgan fingerprint density at radius 1 is 1.26 bits per heavy atom. The SMILES string of the molecule is Fc1cccc2c1SCCC2NCC1(C2CC2)CC1. The molecule has 1 heterocycles. The molecule has 2 aliphatic carbocycles. The van der Waals surface area contributed by atoms with Crippen LogP contribution in [0.4, 0.5) is 4.39 Å². The van der Waals surface area contributed by atoms with E-state index >= 15 is 0 Å². The molecule has 4 rings (SSSR count). The summed E-state index contributed by atoms with van der Waals surface area (Å²) in [5, 5.41) is 3.75. The van der Waals surface area contributed by atoms with E-state index in [9.17, 15) is 4.39 Å². The van der Waals surface area contributed by atoms with Crippen LogP contribution in [0, 0.1) is 17.2 Å². The Bertz CT molecular complexity index is 494. The first kappa shape index (κ1) is 12.2. The molecule has 19 heavy (non-hydrogen) atoms. The summed E-state index contributed by atoms with van der Waals surface area (Å²) in [5.74, 6) is 1.98. The van der Waals surface area contributed by atoms with Crippen molar-refractivity contribution < 1.29 is 4.39 Å². The Kier molecular flexibility index (Phi) is 2.89. The van der Waals surface area contributed by atoms with Crippen LogP contribution in [0.1, 0.15) is 43.7 Å². The van der Waals surface area contributed by atoms with Gasteiger partial charge in [-0.15, -0.1) is 11.8 Å². The molecule has 2 saturated carbocycles. The van der Waals surface area contributed by atoms with Gasteiger partial charge in [0.25, 0.3) is 0 Å². The van der Waals surface area contributed by atoms with E-state index in [0.717, 1.165) is 29.5 Å². The van der Waals surface area contributed by atoms with Crippen molar-refractivity contribution in [3.8, 4) is 0 Å². The Hall–Kier alpha value is -0.540. The van der Waals surface area contributed by atoms with Gasteiger partial charge in [0.2, 0.25) is 0 Å². The maximum Gasteiger partial charge on any atom is 0.137 e. The molecule has 0 aromatic heterocycles. The third kappa shape index (κ3) is 2.21. The summed E-state index contributed by atoms with van der Waals surface area (Å²) in [5.41, 5.74) is 1.81. The molecule has 3 heteroatoms. The van der Waals surface area contributed by atoms with Crippen LogP contribution in [0.15, 0.2) is 23.1 Å². The first-order chi connectivity index (χ1) is 9.28. The van der Waals surface area contributed by atoms with E-state index in [4.69, 9.17) is 0 Å². The van der Waals surface area contributed by atoms with Gasteiger partial charge in [0.05, 0.1) is 0 Å². The minimum absolute atomic E-state index is 0.0441. The summed E-state index contributed by atoms with van der Waals surface area (Å²) in [7, 11) is 0. The van der Waals surface area contributed by atoms with Gasteiger partial charge in [-0.25, -0.2) is 4.39 Å². The van der Waals surface area contributed by atoms with Gasteiger partial charge in [0.1, 0.15) is 5.82 Å². The molecule has 0 saturated heterocycles. The minimum Gasteiger partial charge on any atom is -0.309 e. The summed E-state index contributed by atoms with van der Waals surface area (Å²) in [6.07, 6.45) is 6.81. The van der Waals surface area contributed by atoms with Crippen molar-refractivity contribution in [2.45, 2.75) is 43.0 Å². The maximum atomic E-state index is 13.8. The Morgan fingerprint density at radius 3 is 2.84 bits per heavy atom. The second-order valence-corrected chi connectivity index (χ2v) is 7.47. The van der Waals surface area contributed by atoms with Crippen molar-refractivity contribution in [1.82, 2.24) is 5.32 Å². The number of hydrogen-bond donors (Lipinski definition) is 1. The van der Waals surface area contributed by atoms with Crippen LogP contribution < -0.4 is 5.32 Å². The summed E-state index contributed by atoms with van der Waals surface area (Å²) >= 11 is 1.67. The highest BCUT2D eigenvalue weighted by Gasteiger charge is 2.53. The van der Waals surface area contributed by atoms with Gasteiger partial charge < -0.3 is 5.32 Å². The number of hydrogen-bond acceptors (Lipinski definition) is 2. The molecule has 0 bridgehead atoms. The average Bonchev–Trinajstić information content (AvgIpc) is 3.28. The molecule has 1 atom stereocenters. The molecular formula is C16H20FNS. The molecule has 102 valence electrons. The number of nitrogens with one attached hydrogen (secondary N) is 1. The van der Waals surface area contributed by atoms with Crippen LogP contribution in [-0.4, -0.2) is 12.3 Å². The smallest absolute Gasteiger partial charge is 0.137 e. The molecule has 2 fully saturated rings. The summed E-state index contributed by atoms with van der Waals surface area (Å²) in [6.45, 7) is 1.14. The lowest BCUT2D eigenvalue weighted by molar-refractivity contribution is 0.366. The zero-order valence-corrected chi connectivity index (χ0v) is 11.9. The van der Waals surface area contributed by atoms with E-state index in [2.05, 4.69) is 11.4 Å². The van der Waals surface area contributed by atoms with Gasteiger partial charge in [0.15, 0.2) is 0 Å². The lowest BCUT2D eigenvalue weighted by Gasteiger charge is -2.28. The quantitative estimate of drug-likeness (QED) is 0.887. The van der Waals surface area contributed by atoms with Crippen molar-refractivity contribution in [3.05, 3.63) is 29.6 Å². The summed E-state index contributed by atoms with van der Waals surface area (Å²) in [6, 6.07) is 5.89. The van der Waals surface area contributed by atoms with Crippen molar-refractivity contribution >= 4 is 11.8 Å². The number of fused-ring (bicyclic) bond motifs is 1. The fourth-order valence-corrected chi connectivity index (χ4v) is 4.65. The second-order valence-electron chi connectivity index (χ2n) is 6.37. The number of benzene rings is 1. The second kappa shape index (κ2) is 4.49. The van der Waals surface area contributed by atoms with Crippen LogP contribution in [0.25, 0.3) is 0 Å². The Morgan fingerprint density at radius 2 is 2.11 bits per heavy atom. The molecule has 1 aromatic rings. The molecule has 0 amide bonds. The molecule has 1 aliphatic heterocycles. The fourth-order valence-electron chi connectivity index (χ4n) is 3.51. The van der Waals surface area contributed by atoms with Gasteiger partial charge >= 0.3 is 0 Å². The third-order valence-corrected chi connectivity index (χ3v) is 6.22. The molecule has 1 N–H and O–H groups in total.